The molecule has 1 spiro atoms. The molecule has 0 radical (unpaired) electrons. The van der Waals surface area contributed by atoms with E-state index in [4.69, 9.17) is 26.8 Å². The number of fused-ring (bicyclic) bond motifs is 2. The van der Waals surface area contributed by atoms with Gasteiger partial charge < -0.3 is 35.4 Å². The van der Waals surface area contributed by atoms with Gasteiger partial charge in [0.1, 0.15) is 35.1 Å². The number of nitrogens with two attached hydrogens (primary N) is 1. The Balaban J connectivity index is 0.671. The molecule has 5 amide bonds. The third-order valence-corrected chi connectivity index (χ3v) is 18.5. The molecule has 11 rings (SSSR count). The average molecular weight is 1100 g/mol. The van der Waals surface area contributed by atoms with Gasteiger partial charge in [0.15, 0.2) is 23.2 Å². The number of aryl methyl sites for hydroxylation is 1. The standard InChI is InChI=1S/C58H65ClF4N8O7/c1-32-45-43(29-41(61)49(59)48(45)47-38(53(64)74)12-13-42(50(47)62)77-27-26-72)78-58(32,35-6-4-3-5-7-35)17-20-65-36-10-8-34(9-11-36)55(75)70-24-18-57(19-25-70)30-37(31-57)69-21-14-33(15-22-69)46-40(60)28-39-52(51(46)63)68(2)67-54(39)71-23-16-44(73)66-56(71)76/h3-7,12-13,28-29,32-34,36-37,65,72H,8-11,14-27,30-31H2,1-2H3,(H2,64,74)(H,66,73,76)/t32-,34?,36?,58?/m0/s1. The number of aliphatic hydroxyl groups is 1. The number of hydrogen-bond acceptors (Lipinski definition) is 10. The lowest BCUT2D eigenvalue weighted by molar-refractivity contribution is -0.141. The molecule has 414 valence electrons. The second-order valence-electron chi connectivity index (χ2n) is 22.4. The molecule has 5 fully saturated rings. The lowest BCUT2D eigenvalue weighted by Gasteiger charge is -2.56. The maximum absolute atomic E-state index is 16.5. The van der Waals surface area contributed by atoms with E-state index >= 15 is 17.6 Å². The number of anilines is 1. The Bertz CT molecular complexity index is 3170. The fourth-order valence-corrected chi connectivity index (χ4v) is 14.2. The Kier molecular flexibility index (Phi) is 14.7. The molecule has 1 aromatic heterocycles. The Morgan fingerprint density at radius 2 is 1.63 bits per heavy atom. The number of imide groups is 1. The summed E-state index contributed by atoms with van der Waals surface area (Å²) in [5.74, 6) is -5.14. The van der Waals surface area contributed by atoms with E-state index in [0.717, 1.165) is 83.1 Å². The first-order valence-corrected chi connectivity index (χ1v) is 27.7. The molecular formula is C58H65ClF4N8O7. The molecule has 5 heterocycles. The highest BCUT2D eigenvalue weighted by Gasteiger charge is 2.51. The van der Waals surface area contributed by atoms with Crippen LogP contribution in [0.5, 0.6) is 11.5 Å². The van der Waals surface area contributed by atoms with Crippen molar-refractivity contribution in [1.29, 1.82) is 0 Å². The first-order valence-electron chi connectivity index (χ1n) is 27.4. The van der Waals surface area contributed by atoms with Crippen molar-refractivity contribution in [3.63, 3.8) is 0 Å². The number of urea groups is 1. The van der Waals surface area contributed by atoms with Crippen molar-refractivity contribution < 1.29 is 51.3 Å². The van der Waals surface area contributed by atoms with Crippen LogP contribution in [0.4, 0.5) is 28.2 Å². The molecule has 20 heteroatoms. The van der Waals surface area contributed by atoms with Crippen LogP contribution in [-0.2, 0) is 22.2 Å². The van der Waals surface area contributed by atoms with Gasteiger partial charge in [0.25, 0.3) is 0 Å². The van der Waals surface area contributed by atoms with Gasteiger partial charge in [0, 0.05) is 91.8 Å². The summed E-state index contributed by atoms with van der Waals surface area (Å²) in [5.41, 5.74) is 5.76. The van der Waals surface area contributed by atoms with Crippen molar-refractivity contribution in [2.75, 3.05) is 57.4 Å². The van der Waals surface area contributed by atoms with Crippen LogP contribution in [0.15, 0.2) is 54.6 Å². The molecule has 15 nitrogen and oxygen atoms in total. The number of benzene rings is 4. The molecule has 5 N–H and O–H groups in total. The summed E-state index contributed by atoms with van der Waals surface area (Å²) >= 11 is 6.72. The number of primary amides is 1. The minimum atomic E-state index is -1.06. The van der Waals surface area contributed by atoms with Crippen LogP contribution in [0.3, 0.4) is 0 Å². The number of ether oxygens (including phenoxy) is 2. The summed E-state index contributed by atoms with van der Waals surface area (Å²) in [7, 11) is 1.57. The van der Waals surface area contributed by atoms with Gasteiger partial charge in [-0.25, -0.2) is 22.4 Å². The molecular weight excluding hydrogens is 1030 g/mol. The highest BCUT2D eigenvalue weighted by molar-refractivity contribution is 6.34. The molecule has 1 unspecified atom stereocenters. The summed E-state index contributed by atoms with van der Waals surface area (Å²) in [6, 6.07) is 14.5. The van der Waals surface area contributed by atoms with Crippen LogP contribution >= 0.6 is 11.6 Å². The number of hydrogen-bond donors (Lipinski definition) is 4. The van der Waals surface area contributed by atoms with E-state index in [1.807, 2.05) is 37.3 Å². The summed E-state index contributed by atoms with van der Waals surface area (Å²) < 4.78 is 78.1. The van der Waals surface area contributed by atoms with E-state index in [0.29, 0.717) is 37.4 Å². The SMILES string of the molecule is C[C@H]1c2c(cc(F)c(Cl)c2-c2c(C(N)=O)ccc(OCCO)c2F)OC1(CCNC1CCC(C(=O)N2CCC3(CC2)CC(N2CCC(c4c(F)cc5c(N6CCC(=O)NC6=O)nn(C)c5c4F)CC2)C3)CC1)c1ccccc1. The van der Waals surface area contributed by atoms with Gasteiger partial charge in [-0.3, -0.25) is 29.3 Å². The molecule has 2 saturated carbocycles. The van der Waals surface area contributed by atoms with Crippen molar-refractivity contribution in [3.05, 3.63) is 105 Å². The number of aliphatic hydroxyl groups excluding tert-OH is 1. The molecule has 4 aromatic carbocycles. The summed E-state index contributed by atoms with van der Waals surface area (Å²) in [6.45, 7) is 4.83. The zero-order valence-electron chi connectivity index (χ0n) is 43.8. The number of piperidine rings is 2. The van der Waals surface area contributed by atoms with Gasteiger partial charge in [-0.2, -0.15) is 5.10 Å². The first-order chi connectivity index (χ1) is 37.5. The molecule has 2 aliphatic carbocycles. The predicted octanol–water partition coefficient (Wildman–Crippen LogP) is 8.95. The number of aromatic nitrogens is 2. The number of nitrogens with one attached hydrogen (secondary N) is 2. The van der Waals surface area contributed by atoms with E-state index in [1.165, 1.54) is 33.8 Å². The third kappa shape index (κ3) is 9.55. The maximum Gasteiger partial charge on any atom is 0.329 e. The van der Waals surface area contributed by atoms with Crippen LogP contribution in [0, 0.1) is 34.6 Å². The van der Waals surface area contributed by atoms with Gasteiger partial charge in [0.2, 0.25) is 17.7 Å². The molecule has 2 atom stereocenters. The Morgan fingerprint density at radius 3 is 2.31 bits per heavy atom. The molecule has 78 heavy (non-hydrogen) atoms. The van der Waals surface area contributed by atoms with E-state index < -0.39 is 57.7 Å². The second kappa shape index (κ2) is 21.4. The Hall–Kier alpha value is -6.28. The highest BCUT2D eigenvalue weighted by Crippen LogP contribution is 2.58. The number of halogens is 5. The van der Waals surface area contributed by atoms with E-state index in [2.05, 4.69) is 25.5 Å². The van der Waals surface area contributed by atoms with E-state index in [1.54, 1.807) is 7.05 Å². The quantitative estimate of drug-likeness (QED) is 0.0783. The molecule has 0 bridgehead atoms. The number of nitrogens with zero attached hydrogens (tertiary/aromatic N) is 5. The highest BCUT2D eigenvalue weighted by atomic mass is 35.5. The fourth-order valence-electron chi connectivity index (χ4n) is 13.9. The normalized spacial score (nSPS) is 23.8. The van der Waals surface area contributed by atoms with Gasteiger partial charge >= 0.3 is 6.03 Å². The third-order valence-electron chi connectivity index (χ3n) is 18.2. The lowest BCUT2D eigenvalue weighted by Crippen LogP contribution is -2.57. The van der Waals surface area contributed by atoms with Crippen molar-refractivity contribution in [3.8, 4) is 22.6 Å². The number of rotatable bonds is 14. The van der Waals surface area contributed by atoms with Crippen molar-refractivity contribution in [1.82, 2.24) is 30.2 Å². The molecule has 5 aromatic rings. The Morgan fingerprint density at radius 1 is 0.910 bits per heavy atom. The maximum atomic E-state index is 16.5. The lowest BCUT2D eigenvalue weighted by atomic mass is 9.59. The van der Waals surface area contributed by atoms with Crippen LogP contribution in [-0.4, -0.2) is 113 Å². The first kappa shape index (κ1) is 53.7. The van der Waals surface area contributed by atoms with Crippen LogP contribution in [0.1, 0.15) is 123 Å². The molecule has 3 saturated heterocycles. The zero-order chi connectivity index (χ0) is 54.8. The smallest absolute Gasteiger partial charge is 0.329 e. The van der Waals surface area contributed by atoms with Gasteiger partial charge in [-0.15, -0.1) is 0 Å². The summed E-state index contributed by atoms with van der Waals surface area (Å²) in [5, 5.41) is 19.5. The fraction of sp³-hybridized carbons (Fsp3) is 0.500. The zero-order valence-corrected chi connectivity index (χ0v) is 44.6. The minimum Gasteiger partial charge on any atom is -0.488 e. The van der Waals surface area contributed by atoms with Gasteiger partial charge in [0.05, 0.1) is 22.6 Å². The van der Waals surface area contributed by atoms with Crippen molar-refractivity contribution in [2.45, 2.75) is 113 Å². The monoisotopic (exact) mass is 1100 g/mol. The minimum absolute atomic E-state index is 0.0504. The number of amides is 5. The second-order valence-corrected chi connectivity index (χ2v) is 22.8. The van der Waals surface area contributed by atoms with Crippen molar-refractivity contribution >= 4 is 52.1 Å². The molecule has 6 aliphatic rings. The average Bonchev–Trinajstić information content (AvgIpc) is 3.90. The number of carbonyl (C=O) groups is 4. The molecule has 4 aliphatic heterocycles. The van der Waals surface area contributed by atoms with Crippen LogP contribution in [0.2, 0.25) is 5.02 Å². The summed E-state index contributed by atoms with van der Waals surface area (Å²) in [6.07, 6.45) is 8.92. The number of carbonyl (C=O) groups excluding carboxylic acids is 4. The van der Waals surface area contributed by atoms with E-state index in [-0.39, 0.29) is 106 Å². The van der Waals surface area contributed by atoms with Gasteiger partial charge in [-0.05, 0) is 119 Å². The topological polar surface area (TPSA) is 185 Å². The van der Waals surface area contributed by atoms with Crippen molar-refractivity contribution in [2.24, 2.45) is 24.1 Å². The van der Waals surface area contributed by atoms with Crippen LogP contribution in [0.25, 0.3) is 22.0 Å². The largest absolute Gasteiger partial charge is 0.488 e. The number of likely N-dealkylation sites (tertiary alicyclic amines) is 2. The van der Waals surface area contributed by atoms with Crippen LogP contribution < -0.4 is 30.7 Å². The predicted molar refractivity (Wildman–Crippen MR) is 284 cm³/mol. The van der Waals surface area contributed by atoms with E-state index in [9.17, 15) is 24.3 Å². The Labute approximate surface area is 454 Å². The summed E-state index contributed by atoms with van der Waals surface area (Å²) in [4.78, 5) is 56.9. The van der Waals surface area contributed by atoms with Gasteiger partial charge in [-0.1, -0.05) is 48.9 Å².